The Labute approximate surface area is 208 Å². The number of benzene rings is 1. The SMILES string of the molecule is CCNC(=NCc1cccc(CN2CCOC(C)C2)c1)NCC(C)(O)c1ccc(C)o1.I. The Morgan fingerprint density at radius 1 is 1.25 bits per heavy atom. The van der Waals surface area contributed by atoms with Gasteiger partial charge in [-0.15, -0.1) is 24.0 Å². The van der Waals surface area contributed by atoms with E-state index in [0.717, 1.165) is 44.1 Å². The minimum Gasteiger partial charge on any atom is -0.463 e. The minimum absolute atomic E-state index is 0. The standard InChI is InChI=1S/C24H36N4O3.HI/c1-5-25-23(27-17-24(4,29)22-10-9-18(2)31-22)26-14-20-7-6-8-21(13-20)16-28-11-12-30-19(3)15-28;/h6-10,13,19,29H,5,11-12,14-17H2,1-4H3,(H2,25,26,27);1H. The number of nitrogens with one attached hydrogen (secondary N) is 2. The number of halogens is 1. The number of aliphatic hydroxyl groups is 1. The van der Waals surface area contributed by atoms with E-state index in [0.29, 0.717) is 24.8 Å². The van der Waals surface area contributed by atoms with Crippen LogP contribution in [0.3, 0.4) is 0 Å². The van der Waals surface area contributed by atoms with Gasteiger partial charge in [0.1, 0.15) is 17.1 Å². The number of morpholine rings is 1. The van der Waals surface area contributed by atoms with E-state index in [1.807, 2.05) is 26.0 Å². The molecular formula is C24H37IN4O3. The largest absolute Gasteiger partial charge is 0.463 e. The third-order valence-electron chi connectivity index (χ3n) is 5.36. The average Bonchev–Trinajstić information content (AvgIpc) is 3.18. The summed E-state index contributed by atoms with van der Waals surface area (Å²) in [6, 6.07) is 12.2. The Morgan fingerprint density at radius 2 is 2.03 bits per heavy atom. The molecule has 8 heteroatoms. The molecule has 0 saturated carbocycles. The summed E-state index contributed by atoms with van der Waals surface area (Å²) in [5.41, 5.74) is 1.32. The fourth-order valence-electron chi connectivity index (χ4n) is 3.70. The third-order valence-corrected chi connectivity index (χ3v) is 5.36. The molecular weight excluding hydrogens is 519 g/mol. The molecule has 2 aromatic rings. The highest BCUT2D eigenvalue weighted by atomic mass is 127. The number of guanidine groups is 1. The first-order chi connectivity index (χ1) is 14.9. The van der Waals surface area contributed by atoms with Crippen molar-refractivity contribution in [3.63, 3.8) is 0 Å². The molecule has 1 aliphatic rings. The molecule has 178 valence electrons. The van der Waals surface area contributed by atoms with Crippen molar-refractivity contribution < 1.29 is 14.3 Å². The number of aliphatic imine (C=N–C) groups is 1. The van der Waals surface area contributed by atoms with Crippen LogP contribution in [0.2, 0.25) is 0 Å². The van der Waals surface area contributed by atoms with Gasteiger partial charge in [-0.05, 0) is 51.0 Å². The van der Waals surface area contributed by atoms with E-state index >= 15 is 0 Å². The van der Waals surface area contributed by atoms with E-state index < -0.39 is 5.60 Å². The van der Waals surface area contributed by atoms with Crippen LogP contribution in [0.1, 0.15) is 43.4 Å². The van der Waals surface area contributed by atoms with Crippen LogP contribution in [0.4, 0.5) is 0 Å². The minimum atomic E-state index is -1.13. The molecule has 1 aliphatic heterocycles. The van der Waals surface area contributed by atoms with Crippen molar-refractivity contribution in [1.29, 1.82) is 0 Å². The molecule has 2 unspecified atom stereocenters. The first kappa shape index (κ1) is 26.6. The van der Waals surface area contributed by atoms with E-state index in [1.165, 1.54) is 5.56 Å². The van der Waals surface area contributed by atoms with Crippen LogP contribution in [0.25, 0.3) is 0 Å². The molecule has 0 bridgehead atoms. The van der Waals surface area contributed by atoms with Crippen LogP contribution < -0.4 is 10.6 Å². The van der Waals surface area contributed by atoms with E-state index in [2.05, 4.69) is 46.7 Å². The molecule has 2 heterocycles. The van der Waals surface area contributed by atoms with Crippen molar-refractivity contribution in [2.24, 2.45) is 4.99 Å². The lowest BCUT2D eigenvalue weighted by atomic mass is 10.0. The Kier molecular flexibility index (Phi) is 10.5. The third kappa shape index (κ3) is 8.06. The van der Waals surface area contributed by atoms with Gasteiger partial charge in [0.25, 0.3) is 0 Å². The monoisotopic (exact) mass is 556 g/mol. The average molecular weight is 556 g/mol. The quantitative estimate of drug-likeness (QED) is 0.263. The number of ether oxygens (including phenoxy) is 1. The smallest absolute Gasteiger partial charge is 0.191 e. The maximum atomic E-state index is 10.8. The summed E-state index contributed by atoms with van der Waals surface area (Å²) in [7, 11) is 0. The number of aryl methyl sites for hydroxylation is 1. The summed E-state index contributed by atoms with van der Waals surface area (Å²) in [6.45, 7) is 13.0. The Hall–Kier alpha value is -1.62. The molecule has 0 amide bonds. The zero-order valence-electron chi connectivity index (χ0n) is 19.6. The second kappa shape index (κ2) is 12.6. The van der Waals surface area contributed by atoms with Crippen LogP contribution >= 0.6 is 24.0 Å². The molecule has 1 aromatic heterocycles. The van der Waals surface area contributed by atoms with Crippen molar-refractivity contribution in [2.75, 3.05) is 32.8 Å². The van der Waals surface area contributed by atoms with Gasteiger partial charge < -0.3 is 24.9 Å². The van der Waals surface area contributed by atoms with Crippen molar-refractivity contribution >= 4 is 29.9 Å². The van der Waals surface area contributed by atoms with Gasteiger partial charge in [0.05, 0.1) is 25.8 Å². The second-order valence-electron chi connectivity index (χ2n) is 8.47. The fraction of sp³-hybridized carbons (Fsp3) is 0.542. The summed E-state index contributed by atoms with van der Waals surface area (Å²) < 4.78 is 11.2. The van der Waals surface area contributed by atoms with E-state index in [-0.39, 0.29) is 30.1 Å². The van der Waals surface area contributed by atoms with Crippen LogP contribution in [-0.2, 0) is 23.4 Å². The topological polar surface area (TPSA) is 82.3 Å². The molecule has 1 saturated heterocycles. The van der Waals surface area contributed by atoms with Crippen LogP contribution in [0.15, 0.2) is 45.8 Å². The lowest BCUT2D eigenvalue weighted by molar-refractivity contribution is -0.0212. The van der Waals surface area contributed by atoms with E-state index in [4.69, 9.17) is 14.1 Å². The van der Waals surface area contributed by atoms with E-state index in [1.54, 1.807) is 6.92 Å². The van der Waals surface area contributed by atoms with Crippen LogP contribution in [0.5, 0.6) is 0 Å². The number of nitrogens with zero attached hydrogens (tertiary/aromatic N) is 2. The predicted octanol–water partition coefficient (Wildman–Crippen LogP) is 3.39. The molecule has 32 heavy (non-hydrogen) atoms. The van der Waals surface area contributed by atoms with Gasteiger partial charge in [-0.25, -0.2) is 4.99 Å². The molecule has 0 spiro atoms. The molecule has 0 radical (unpaired) electrons. The summed E-state index contributed by atoms with van der Waals surface area (Å²) in [5.74, 6) is 1.99. The maximum absolute atomic E-state index is 10.8. The van der Waals surface area contributed by atoms with Gasteiger partial charge in [0, 0.05) is 26.2 Å². The first-order valence-corrected chi connectivity index (χ1v) is 11.1. The van der Waals surface area contributed by atoms with Gasteiger partial charge in [0.15, 0.2) is 5.96 Å². The van der Waals surface area contributed by atoms with Crippen molar-refractivity contribution in [1.82, 2.24) is 15.5 Å². The Bertz CT molecular complexity index is 868. The van der Waals surface area contributed by atoms with Gasteiger partial charge in [-0.3, -0.25) is 4.90 Å². The number of hydrogen-bond acceptors (Lipinski definition) is 5. The molecule has 1 fully saturated rings. The van der Waals surface area contributed by atoms with Crippen molar-refractivity contribution in [3.8, 4) is 0 Å². The summed E-state index contributed by atoms with van der Waals surface area (Å²) in [5, 5.41) is 17.2. The number of rotatable bonds is 8. The highest BCUT2D eigenvalue weighted by Gasteiger charge is 2.27. The molecule has 2 atom stereocenters. The van der Waals surface area contributed by atoms with Crippen molar-refractivity contribution in [2.45, 2.75) is 52.5 Å². The lowest BCUT2D eigenvalue weighted by Gasteiger charge is -2.31. The van der Waals surface area contributed by atoms with Crippen LogP contribution in [-0.4, -0.2) is 54.9 Å². The summed E-state index contributed by atoms with van der Waals surface area (Å²) in [6.07, 6.45) is 0.289. The molecule has 3 N–H and O–H groups in total. The molecule has 3 rings (SSSR count). The zero-order chi connectivity index (χ0) is 22.3. The highest BCUT2D eigenvalue weighted by molar-refractivity contribution is 14.0. The second-order valence-corrected chi connectivity index (χ2v) is 8.47. The molecule has 0 aliphatic carbocycles. The van der Waals surface area contributed by atoms with Crippen LogP contribution in [0, 0.1) is 6.92 Å². The van der Waals surface area contributed by atoms with Gasteiger partial charge in [-0.1, -0.05) is 24.3 Å². The Balaban J connectivity index is 0.00000363. The summed E-state index contributed by atoms with van der Waals surface area (Å²) in [4.78, 5) is 7.14. The lowest BCUT2D eigenvalue weighted by Crippen LogP contribution is -2.44. The number of furan rings is 1. The van der Waals surface area contributed by atoms with Gasteiger partial charge in [-0.2, -0.15) is 0 Å². The fourth-order valence-corrected chi connectivity index (χ4v) is 3.70. The predicted molar refractivity (Wildman–Crippen MR) is 138 cm³/mol. The Morgan fingerprint density at radius 3 is 2.72 bits per heavy atom. The maximum Gasteiger partial charge on any atom is 0.191 e. The first-order valence-electron chi connectivity index (χ1n) is 11.1. The zero-order valence-corrected chi connectivity index (χ0v) is 21.9. The molecule has 1 aromatic carbocycles. The molecule has 7 nitrogen and oxygen atoms in total. The summed E-state index contributed by atoms with van der Waals surface area (Å²) >= 11 is 0. The normalized spacial score (nSPS) is 19.2. The van der Waals surface area contributed by atoms with Gasteiger partial charge >= 0.3 is 0 Å². The number of hydrogen-bond donors (Lipinski definition) is 3. The highest BCUT2D eigenvalue weighted by Crippen LogP contribution is 2.22. The van der Waals surface area contributed by atoms with Gasteiger partial charge in [0.2, 0.25) is 0 Å². The van der Waals surface area contributed by atoms with E-state index in [9.17, 15) is 5.11 Å². The van der Waals surface area contributed by atoms with Crippen molar-refractivity contribution in [3.05, 3.63) is 59.0 Å².